The molecule has 10 heteroatoms. The van der Waals surface area contributed by atoms with Crippen molar-refractivity contribution in [1.82, 2.24) is 21.3 Å². The molecule has 2 saturated heterocycles. The summed E-state index contributed by atoms with van der Waals surface area (Å²) in [5, 5.41) is 10.8. The van der Waals surface area contributed by atoms with Crippen LogP contribution in [0.3, 0.4) is 0 Å². The maximum Gasteiger partial charge on any atom is 0.243 e. The summed E-state index contributed by atoms with van der Waals surface area (Å²) in [6.07, 6.45) is 5.20. The molecule has 0 spiro atoms. The van der Waals surface area contributed by atoms with Crippen molar-refractivity contribution >= 4 is 29.4 Å². The van der Waals surface area contributed by atoms with Crippen molar-refractivity contribution in [2.75, 3.05) is 13.2 Å². The number of hydrogen-bond acceptors (Lipinski definition) is 6. The third-order valence-corrected chi connectivity index (χ3v) is 5.64. The van der Waals surface area contributed by atoms with Crippen LogP contribution < -0.4 is 21.3 Å². The van der Waals surface area contributed by atoms with E-state index in [1.807, 2.05) is 0 Å². The molecule has 2 aliphatic rings. The van der Waals surface area contributed by atoms with Gasteiger partial charge in [-0.1, -0.05) is 19.3 Å². The Morgan fingerprint density at radius 1 is 0.875 bits per heavy atom. The molecule has 1 unspecified atom stereocenters. The Kier molecular flexibility index (Phi) is 10.6. The van der Waals surface area contributed by atoms with Gasteiger partial charge in [-0.2, -0.15) is 0 Å². The van der Waals surface area contributed by atoms with Crippen molar-refractivity contribution in [2.45, 2.75) is 95.9 Å². The fourth-order valence-electron chi connectivity index (χ4n) is 3.49. The largest absolute Gasteiger partial charge is 0.365 e. The highest BCUT2D eigenvalue weighted by Crippen LogP contribution is 2.15. The molecule has 4 atom stereocenters. The lowest BCUT2D eigenvalue weighted by Gasteiger charge is -2.23. The van der Waals surface area contributed by atoms with Crippen molar-refractivity contribution < 1.29 is 28.7 Å². The maximum atomic E-state index is 12.8. The summed E-state index contributed by atoms with van der Waals surface area (Å²) in [6.45, 7) is 4.12. The van der Waals surface area contributed by atoms with Crippen LogP contribution in [0.1, 0.15) is 71.6 Å². The minimum Gasteiger partial charge on any atom is -0.365 e. The predicted octanol–water partition coefficient (Wildman–Crippen LogP) is 0.0892. The number of ether oxygens (including phenoxy) is 1. The Labute approximate surface area is 189 Å². The van der Waals surface area contributed by atoms with E-state index < -0.39 is 29.9 Å². The van der Waals surface area contributed by atoms with Crippen LogP contribution in [0.4, 0.5) is 0 Å². The molecule has 4 N–H and O–H groups in total. The predicted molar refractivity (Wildman–Crippen MR) is 116 cm³/mol. The van der Waals surface area contributed by atoms with Gasteiger partial charge in [-0.3, -0.25) is 24.0 Å². The van der Waals surface area contributed by atoms with Gasteiger partial charge in [0.1, 0.15) is 24.2 Å². The summed E-state index contributed by atoms with van der Waals surface area (Å²) < 4.78 is 4.97. The lowest BCUT2D eigenvalue weighted by Crippen LogP contribution is -2.55. The minimum atomic E-state index is -0.860. The molecule has 2 heterocycles. The number of epoxide rings is 1. The summed E-state index contributed by atoms with van der Waals surface area (Å²) in [7, 11) is 0. The quantitative estimate of drug-likeness (QED) is 0.318. The summed E-state index contributed by atoms with van der Waals surface area (Å²) in [5.41, 5.74) is 0. The van der Waals surface area contributed by atoms with E-state index in [-0.39, 0.29) is 23.7 Å². The number of Topliss-reactive ketones (excluding diaryl/α,β-unsaturated/α-hetero) is 1. The minimum absolute atomic E-state index is 0.114. The van der Waals surface area contributed by atoms with Gasteiger partial charge in [-0.25, -0.2) is 0 Å². The first-order valence-corrected chi connectivity index (χ1v) is 11.6. The Bertz CT molecular complexity index is 694. The van der Waals surface area contributed by atoms with Gasteiger partial charge >= 0.3 is 0 Å². The number of carbonyl (C=O) groups excluding carboxylic acids is 5. The lowest BCUT2D eigenvalue weighted by atomic mass is 10.0. The van der Waals surface area contributed by atoms with Gasteiger partial charge in [0, 0.05) is 19.4 Å². The van der Waals surface area contributed by atoms with Crippen molar-refractivity contribution in [3.05, 3.63) is 0 Å². The van der Waals surface area contributed by atoms with E-state index in [4.69, 9.17) is 4.74 Å². The summed E-state index contributed by atoms with van der Waals surface area (Å²) >= 11 is 0. The maximum absolute atomic E-state index is 12.8. The smallest absolute Gasteiger partial charge is 0.243 e. The first-order valence-electron chi connectivity index (χ1n) is 11.6. The zero-order valence-electron chi connectivity index (χ0n) is 19.0. The molecule has 10 nitrogen and oxygen atoms in total. The second-order valence-electron chi connectivity index (χ2n) is 8.57. The number of unbranched alkanes of at least 4 members (excludes halogenated alkanes) is 2. The van der Waals surface area contributed by atoms with Gasteiger partial charge in [-0.15, -0.1) is 0 Å². The van der Waals surface area contributed by atoms with Gasteiger partial charge < -0.3 is 26.0 Å². The zero-order chi connectivity index (χ0) is 23.5. The highest BCUT2D eigenvalue weighted by molar-refractivity contribution is 5.93. The van der Waals surface area contributed by atoms with Crippen molar-refractivity contribution in [2.24, 2.45) is 0 Å². The topological polar surface area (TPSA) is 146 Å². The third-order valence-electron chi connectivity index (χ3n) is 5.64. The molecule has 32 heavy (non-hydrogen) atoms. The van der Waals surface area contributed by atoms with Crippen LogP contribution in [-0.4, -0.2) is 66.8 Å². The first kappa shape index (κ1) is 25.8. The van der Waals surface area contributed by atoms with Crippen molar-refractivity contribution in [3.63, 3.8) is 0 Å². The molecule has 0 bridgehead atoms. The molecule has 0 aliphatic carbocycles. The number of hydrogen-bond donors (Lipinski definition) is 4. The molecule has 4 amide bonds. The number of nitrogens with one attached hydrogen (secondary N) is 4. The van der Waals surface area contributed by atoms with Crippen molar-refractivity contribution in [1.29, 1.82) is 0 Å². The average Bonchev–Trinajstić information content (AvgIpc) is 3.59. The average molecular weight is 453 g/mol. The molecule has 0 aromatic carbocycles. The third kappa shape index (κ3) is 9.33. The van der Waals surface area contributed by atoms with Crippen LogP contribution in [0.15, 0.2) is 0 Å². The van der Waals surface area contributed by atoms with E-state index in [0.717, 1.165) is 19.3 Å². The van der Waals surface area contributed by atoms with Crippen LogP contribution in [0, 0.1) is 0 Å². The van der Waals surface area contributed by atoms with Crippen LogP contribution in [0.5, 0.6) is 0 Å². The first-order chi connectivity index (χ1) is 15.3. The number of amides is 4. The SMILES string of the molecule is C[C@@H]1NC(=O)[C@H](C)NC(=O)[C@H](CCCCCC(=O)C2CO2)NC(=O)CCCCCNC1=O. The van der Waals surface area contributed by atoms with Gasteiger partial charge in [-0.05, 0) is 39.5 Å². The standard InChI is InChI=1S/C22H36N4O6/c1-14-20(29)23-12-8-4-7-11-19(28)26-16(22(31)25-15(2)21(30)24-14)9-5-3-6-10-17(27)18-13-32-18/h14-16,18H,3-13H2,1-2H3,(H,23,29)(H,24,30)(H,25,31)(H,26,28)/t14-,15-,16-,18?/m0/s1. The van der Waals surface area contributed by atoms with Gasteiger partial charge in [0.05, 0.1) is 6.61 Å². The Balaban J connectivity index is 1.91. The van der Waals surface area contributed by atoms with E-state index in [2.05, 4.69) is 21.3 Å². The van der Waals surface area contributed by atoms with E-state index in [1.165, 1.54) is 6.92 Å². The highest BCUT2D eigenvalue weighted by atomic mass is 16.6. The Morgan fingerprint density at radius 2 is 1.56 bits per heavy atom. The molecule has 180 valence electrons. The molecule has 0 radical (unpaired) electrons. The second-order valence-corrected chi connectivity index (χ2v) is 8.57. The number of carbonyl (C=O) groups is 5. The molecular formula is C22H36N4O6. The van der Waals surface area contributed by atoms with E-state index in [9.17, 15) is 24.0 Å². The number of rotatable bonds is 7. The normalized spacial score (nSPS) is 28.2. The van der Waals surface area contributed by atoms with Crippen LogP contribution in [-0.2, 0) is 28.7 Å². The van der Waals surface area contributed by atoms with Gasteiger partial charge in [0.2, 0.25) is 23.6 Å². The summed E-state index contributed by atoms with van der Waals surface area (Å²) in [6, 6.07) is -2.33. The molecule has 0 aromatic heterocycles. The van der Waals surface area contributed by atoms with Crippen LogP contribution in [0.2, 0.25) is 0 Å². The second kappa shape index (κ2) is 13.1. The summed E-state index contributed by atoms with van der Waals surface area (Å²) in [5.74, 6) is -1.30. The molecule has 2 fully saturated rings. The fourth-order valence-corrected chi connectivity index (χ4v) is 3.49. The Morgan fingerprint density at radius 3 is 2.28 bits per heavy atom. The number of ketones is 1. The van der Waals surface area contributed by atoms with E-state index in [0.29, 0.717) is 51.7 Å². The van der Waals surface area contributed by atoms with Crippen LogP contribution in [0.25, 0.3) is 0 Å². The van der Waals surface area contributed by atoms with Crippen LogP contribution >= 0.6 is 0 Å². The molecular weight excluding hydrogens is 416 g/mol. The highest BCUT2D eigenvalue weighted by Gasteiger charge is 2.30. The molecule has 2 aliphatic heterocycles. The molecule has 0 saturated carbocycles. The zero-order valence-corrected chi connectivity index (χ0v) is 19.0. The lowest BCUT2D eigenvalue weighted by molar-refractivity contribution is -0.133. The molecule has 2 rings (SSSR count). The van der Waals surface area contributed by atoms with Gasteiger partial charge in [0.15, 0.2) is 5.78 Å². The fraction of sp³-hybridized carbons (Fsp3) is 0.773. The molecule has 0 aromatic rings. The summed E-state index contributed by atoms with van der Waals surface area (Å²) in [4.78, 5) is 61.2. The van der Waals surface area contributed by atoms with E-state index >= 15 is 0 Å². The Hall–Kier alpha value is -2.49. The van der Waals surface area contributed by atoms with Gasteiger partial charge in [0.25, 0.3) is 0 Å². The van der Waals surface area contributed by atoms with E-state index in [1.54, 1.807) is 6.92 Å². The van der Waals surface area contributed by atoms with Crippen molar-refractivity contribution in [3.8, 4) is 0 Å². The monoisotopic (exact) mass is 452 g/mol.